The molecule has 0 aromatic carbocycles. The highest BCUT2D eigenvalue weighted by atomic mass is 32.2. The van der Waals surface area contributed by atoms with Crippen LogP contribution in [-0.2, 0) is 29.1 Å². The number of halogens is 2. The molecule has 0 amide bonds. The lowest BCUT2D eigenvalue weighted by Gasteiger charge is -2.60. The second-order valence-electron chi connectivity index (χ2n) is 13.0. The minimum absolute atomic E-state index is 0.0234. The predicted octanol–water partition coefficient (Wildman–Crippen LogP) is 3.59. The molecule has 4 atom stereocenters. The molecular formula is C24H32F2O9S. The summed E-state index contributed by atoms with van der Waals surface area (Å²) in [6, 6.07) is 0. The fourth-order valence-corrected chi connectivity index (χ4v) is 9.94. The molecule has 8 rings (SSSR count). The average molecular weight is 535 g/mol. The fraction of sp³-hybridized carbons (Fsp3) is 0.917. The van der Waals surface area contributed by atoms with Crippen molar-refractivity contribution in [1.29, 1.82) is 0 Å². The molecule has 8 aliphatic carbocycles. The molecule has 0 aromatic heterocycles. The van der Waals surface area contributed by atoms with Crippen molar-refractivity contribution in [3.05, 3.63) is 0 Å². The van der Waals surface area contributed by atoms with E-state index in [2.05, 4.69) is 0 Å². The molecule has 4 unspecified atom stereocenters. The number of ether oxygens (including phenoxy) is 3. The number of hydrogen-bond donors (Lipinski definition) is 2. The van der Waals surface area contributed by atoms with E-state index in [1.807, 2.05) is 0 Å². The van der Waals surface area contributed by atoms with Crippen molar-refractivity contribution in [3.63, 3.8) is 0 Å². The number of aliphatic hydroxyl groups is 1. The van der Waals surface area contributed by atoms with Crippen LogP contribution in [-0.4, -0.2) is 58.9 Å². The smallest absolute Gasteiger partial charge is 0.454 e. The van der Waals surface area contributed by atoms with Crippen LogP contribution in [0.1, 0.15) is 77.0 Å². The van der Waals surface area contributed by atoms with E-state index in [9.17, 15) is 31.9 Å². The summed E-state index contributed by atoms with van der Waals surface area (Å²) in [5.41, 5.74) is -3.37. The predicted molar refractivity (Wildman–Crippen MR) is 117 cm³/mol. The maximum absolute atomic E-state index is 13.9. The Labute approximate surface area is 208 Å². The molecule has 8 fully saturated rings. The van der Waals surface area contributed by atoms with Crippen LogP contribution in [0, 0.1) is 29.1 Å². The highest BCUT2D eigenvalue weighted by Crippen LogP contribution is 2.62. The maximum Gasteiger partial charge on any atom is 0.508 e. The summed E-state index contributed by atoms with van der Waals surface area (Å²) < 4.78 is 75.2. The number of carbonyl (C=O) groups excluding carboxylic acids is 2. The van der Waals surface area contributed by atoms with E-state index >= 15 is 0 Å². The summed E-state index contributed by atoms with van der Waals surface area (Å²) >= 11 is 0. The van der Waals surface area contributed by atoms with Crippen LogP contribution in [0.15, 0.2) is 0 Å². The summed E-state index contributed by atoms with van der Waals surface area (Å²) in [5.74, 6) is -1.51. The first-order valence-corrected chi connectivity index (χ1v) is 14.2. The van der Waals surface area contributed by atoms with Crippen LogP contribution in [0.2, 0.25) is 0 Å². The molecule has 8 aliphatic rings. The van der Waals surface area contributed by atoms with Gasteiger partial charge in [0.25, 0.3) is 0 Å². The van der Waals surface area contributed by atoms with Gasteiger partial charge in [-0.3, -0.25) is 4.55 Å². The fourth-order valence-electron chi connectivity index (χ4n) is 9.69. The van der Waals surface area contributed by atoms with Crippen molar-refractivity contribution in [2.75, 3.05) is 6.61 Å². The standard InChI is InChI=1S/C24H32F2O9S/c25-24(26,36(30,31)32)18(27)34-22-7-16-2-17(8-22)10-23(9-16,12-22)35-19(28)33-13-20-3-14-1-15(4-20)6-21(29,5-14)11-20/h14-17,29H,1-13H2,(H,30,31,32). The second-order valence-corrected chi connectivity index (χ2v) is 14.5. The molecule has 12 heteroatoms. The highest BCUT2D eigenvalue weighted by molar-refractivity contribution is 7.87. The van der Waals surface area contributed by atoms with Crippen LogP contribution in [0.3, 0.4) is 0 Å². The zero-order valence-electron chi connectivity index (χ0n) is 19.9. The molecule has 202 valence electrons. The molecule has 0 saturated heterocycles. The molecule has 0 radical (unpaired) electrons. The Bertz CT molecular complexity index is 1060. The van der Waals surface area contributed by atoms with Gasteiger partial charge in [-0.25, -0.2) is 9.59 Å². The highest BCUT2D eigenvalue weighted by Gasteiger charge is 2.65. The monoisotopic (exact) mass is 534 g/mol. The molecule has 2 N–H and O–H groups in total. The lowest BCUT2D eigenvalue weighted by atomic mass is 9.48. The Morgan fingerprint density at radius 2 is 1.33 bits per heavy atom. The van der Waals surface area contributed by atoms with Gasteiger partial charge in [-0.2, -0.15) is 17.2 Å². The van der Waals surface area contributed by atoms with Crippen molar-refractivity contribution in [3.8, 4) is 0 Å². The number of rotatable bonds is 6. The zero-order chi connectivity index (χ0) is 25.8. The minimum Gasteiger partial charge on any atom is -0.454 e. The normalized spacial score (nSPS) is 46.6. The van der Waals surface area contributed by atoms with Crippen LogP contribution in [0.5, 0.6) is 0 Å². The van der Waals surface area contributed by atoms with Gasteiger partial charge in [-0.1, -0.05) is 0 Å². The van der Waals surface area contributed by atoms with Gasteiger partial charge in [-0.05, 0) is 94.3 Å². The van der Waals surface area contributed by atoms with Gasteiger partial charge < -0.3 is 19.3 Å². The number of alkyl halides is 2. The van der Waals surface area contributed by atoms with Gasteiger partial charge in [-0.15, -0.1) is 0 Å². The molecule has 0 spiro atoms. The quantitative estimate of drug-likeness (QED) is 0.387. The van der Waals surface area contributed by atoms with Crippen LogP contribution in [0.25, 0.3) is 0 Å². The molecule has 9 nitrogen and oxygen atoms in total. The van der Waals surface area contributed by atoms with E-state index in [0.29, 0.717) is 31.1 Å². The van der Waals surface area contributed by atoms with Crippen LogP contribution < -0.4 is 0 Å². The average Bonchev–Trinajstić information content (AvgIpc) is 2.68. The summed E-state index contributed by atoms with van der Waals surface area (Å²) in [6.07, 6.45) is 6.55. The van der Waals surface area contributed by atoms with Crippen LogP contribution in [0.4, 0.5) is 13.6 Å². The number of esters is 1. The van der Waals surface area contributed by atoms with Crippen molar-refractivity contribution >= 4 is 22.2 Å². The van der Waals surface area contributed by atoms with E-state index in [-0.39, 0.29) is 43.1 Å². The van der Waals surface area contributed by atoms with Crippen molar-refractivity contribution in [1.82, 2.24) is 0 Å². The summed E-state index contributed by atoms with van der Waals surface area (Å²) in [5, 5.41) is 5.85. The Morgan fingerprint density at radius 1 is 0.833 bits per heavy atom. The van der Waals surface area contributed by atoms with Gasteiger partial charge in [0.2, 0.25) is 0 Å². The topological polar surface area (TPSA) is 136 Å². The summed E-state index contributed by atoms with van der Waals surface area (Å²) in [7, 11) is -5.98. The van der Waals surface area contributed by atoms with Crippen molar-refractivity contribution in [2.24, 2.45) is 29.1 Å². The largest absolute Gasteiger partial charge is 0.508 e. The SMILES string of the molecule is O=C(OCC12CC3CC(CC(O)(C3)C1)C2)OC12CC3CC(C1)CC(OC(=O)C(F)(F)S(=O)(=O)O)(C3)C2. The molecule has 0 aromatic rings. The van der Waals surface area contributed by atoms with Crippen molar-refractivity contribution in [2.45, 2.75) is 99.1 Å². The molecule has 0 heterocycles. The Balaban J connectivity index is 1.13. The first-order chi connectivity index (χ1) is 16.6. The van der Waals surface area contributed by atoms with Gasteiger partial charge in [0, 0.05) is 11.8 Å². The third-order valence-corrected chi connectivity index (χ3v) is 10.6. The van der Waals surface area contributed by atoms with Gasteiger partial charge in [0.1, 0.15) is 17.8 Å². The van der Waals surface area contributed by atoms with E-state index in [1.54, 1.807) is 0 Å². The minimum atomic E-state index is -5.98. The third-order valence-electron chi connectivity index (χ3n) is 9.77. The van der Waals surface area contributed by atoms with E-state index in [4.69, 9.17) is 18.8 Å². The van der Waals surface area contributed by atoms with Crippen molar-refractivity contribution < 1.29 is 50.7 Å². The van der Waals surface area contributed by atoms with Gasteiger partial charge in [0.05, 0.1) is 5.60 Å². The second kappa shape index (κ2) is 7.53. The summed E-state index contributed by atoms with van der Waals surface area (Å²) in [4.78, 5) is 25.0. The Kier molecular flexibility index (Phi) is 5.18. The zero-order valence-corrected chi connectivity index (χ0v) is 20.7. The van der Waals surface area contributed by atoms with Gasteiger partial charge >= 0.3 is 27.5 Å². The molecule has 8 saturated carbocycles. The molecular weight excluding hydrogens is 502 g/mol. The first-order valence-electron chi connectivity index (χ1n) is 12.8. The van der Waals surface area contributed by atoms with Crippen LogP contribution >= 0.6 is 0 Å². The maximum atomic E-state index is 13.9. The lowest BCUT2D eigenvalue weighted by Crippen LogP contribution is -2.62. The lowest BCUT2D eigenvalue weighted by molar-refractivity contribution is -0.233. The number of carbonyl (C=O) groups is 2. The summed E-state index contributed by atoms with van der Waals surface area (Å²) in [6.45, 7) is 0.158. The number of hydrogen-bond acceptors (Lipinski definition) is 8. The Hall–Kier alpha value is -1.53. The molecule has 36 heavy (non-hydrogen) atoms. The van der Waals surface area contributed by atoms with Gasteiger partial charge in [0.15, 0.2) is 0 Å². The molecule has 8 bridgehead atoms. The third kappa shape index (κ3) is 4.02. The van der Waals surface area contributed by atoms with E-state index < -0.39 is 44.3 Å². The molecule has 0 aliphatic heterocycles. The van der Waals surface area contributed by atoms with E-state index in [1.165, 1.54) is 0 Å². The Morgan fingerprint density at radius 3 is 1.83 bits per heavy atom. The van der Waals surface area contributed by atoms with E-state index in [0.717, 1.165) is 38.5 Å². The first kappa shape index (κ1) is 24.8.